The van der Waals surface area contributed by atoms with Crippen molar-refractivity contribution in [3.8, 4) is 0 Å². The maximum atomic E-state index is 10.9. The van der Waals surface area contributed by atoms with Crippen LogP contribution in [-0.2, 0) is 4.79 Å². The van der Waals surface area contributed by atoms with Crippen molar-refractivity contribution in [3.63, 3.8) is 0 Å². The van der Waals surface area contributed by atoms with Crippen molar-refractivity contribution in [2.45, 2.75) is 0 Å². The Morgan fingerprint density at radius 1 is 1.12 bits per heavy atom. The third-order valence-corrected chi connectivity index (χ3v) is 2.72. The fraction of sp³-hybridized carbons (Fsp3) is 0. The molecule has 0 fully saturated rings. The molecule has 0 aliphatic rings. The zero-order chi connectivity index (χ0) is 11.5. The zero-order valence-electron chi connectivity index (χ0n) is 8.55. The number of carbonyl (C=O) groups is 1. The van der Waals surface area contributed by atoms with Crippen LogP contribution >= 0.6 is 12.6 Å². The normalized spacial score (nSPS) is 11.7. The van der Waals surface area contributed by atoms with Crippen molar-refractivity contribution in [1.82, 2.24) is 0 Å². The number of primary amides is 1. The Labute approximate surface area is 99.2 Å². The van der Waals surface area contributed by atoms with Crippen LogP contribution in [-0.4, -0.2) is 5.91 Å². The minimum atomic E-state index is -0.517. The number of rotatable bonds is 2. The van der Waals surface area contributed by atoms with Crippen LogP contribution < -0.4 is 5.73 Å². The molecule has 2 N–H and O–H groups in total. The van der Waals surface area contributed by atoms with Gasteiger partial charge in [0.2, 0.25) is 0 Å². The number of fused-ring (bicyclic) bond motifs is 1. The number of hydrogen-bond donors (Lipinski definition) is 2. The molecule has 1 amide bonds. The summed E-state index contributed by atoms with van der Waals surface area (Å²) in [5, 5.41) is 2.21. The van der Waals surface area contributed by atoms with Crippen LogP contribution in [0.2, 0.25) is 0 Å². The molecule has 0 bridgehead atoms. The van der Waals surface area contributed by atoms with Crippen LogP contribution in [0.1, 0.15) is 5.56 Å². The number of nitrogens with two attached hydrogens (primary N) is 1. The Morgan fingerprint density at radius 2 is 1.81 bits per heavy atom. The van der Waals surface area contributed by atoms with Crippen molar-refractivity contribution >= 4 is 35.4 Å². The van der Waals surface area contributed by atoms with E-state index in [0.717, 1.165) is 16.3 Å². The Kier molecular flexibility index (Phi) is 2.97. The third kappa shape index (κ3) is 2.09. The molecule has 0 atom stereocenters. The van der Waals surface area contributed by atoms with Gasteiger partial charge in [0.05, 0.1) is 4.91 Å². The monoisotopic (exact) mass is 229 g/mol. The molecule has 0 saturated carbocycles. The maximum absolute atomic E-state index is 10.9. The van der Waals surface area contributed by atoms with Gasteiger partial charge < -0.3 is 5.73 Å². The highest BCUT2D eigenvalue weighted by molar-refractivity contribution is 7.85. The Hall–Kier alpha value is -1.74. The lowest BCUT2D eigenvalue weighted by molar-refractivity contribution is -0.113. The van der Waals surface area contributed by atoms with E-state index in [1.54, 1.807) is 6.08 Å². The standard InChI is InChI=1S/C13H11NOS/c14-13(15)12(16)8-10-6-3-5-9-4-1-2-7-11(9)10/h1-8,16H,(H2,14,15)/b12-8-. The predicted molar refractivity (Wildman–Crippen MR) is 70.1 cm³/mol. The van der Waals surface area contributed by atoms with E-state index in [-0.39, 0.29) is 4.91 Å². The molecule has 0 saturated heterocycles. The molecule has 0 spiro atoms. The van der Waals surface area contributed by atoms with Gasteiger partial charge in [-0.15, -0.1) is 12.6 Å². The first-order chi connectivity index (χ1) is 7.68. The third-order valence-electron chi connectivity index (χ3n) is 2.37. The second-order valence-corrected chi connectivity index (χ2v) is 3.94. The summed E-state index contributed by atoms with van der Waals surface area (Å²) in [5.41, 5.74) is 6.09. The van der Waals surface area contributed by atoms with Crippen molar-refractivity contribution in [2.24, 2.45) is 5.73 Å². The van der Waals surface area contributed by atoms with Crippen LogP contribution in [0.15, 0.2) is 47.4 Å². The Balaban J connectivity index is 2.61. The van der Waals surface area contributed by atoms with E-state index in [4.69, 9.17) is 5.73 Å². The highest BCUT2D eigenvalue weighted by atomic mass is 32.1. The average molecular weight is 229 g/mol. The highest BCUT2D eigenvalue weighted by Crippen LogP contribution is 2.21. The second-order valence-electron chi connectivity index (χ2n) is 3.46. The van der Waals surface area contributed by atoms with Crippen LogP contribution in [0.5, 0.6) is 0 Å². The molecular formula is C13H11NOS. The summed E-state index contributed by atoms with van der Waals surface area (Å²) in [5.74, 6) is -0.517. The van der Waals surface area contributed by atoms with Crippen molar-refractivity contribution in [1.29, 1.82) is 0 Å². The van der Waals surface area contributed by atoms with E-state index in [0.29, 0.717) is 0 Å². The van der Waals surface area contributed by atoms with Gasteiger partial charge in [0.1, 0.15) is 0 Å². The molecule has 0 aliphatic heterocycles. The number of hydrogen-bond acceptors (Lipinski definition) is 2. The van der Waals surface area contributed by atoms with E-state index in [9.17, 15) is 4.79 Å². The molecule has 3 heteroatoms. The lowest BCUT2D eigenvalue weighted by Gasteiger charge is -2.02. The quantitative estimate of drug-likeness (QED) is 0.603. The number of carbonyl (C=O) groups excluding carboxylic acids is 1. The van der Waals surface area contributed by atoms with E-state index in [1.807, 2.05) is 42.5 Å². The van der Waals surface area contributed by atoms with Gasteiger partial charge in [-0.05, 0) is 22.4 Å². The van der Waals surface area contributed by atoms with E-state index >= 15 is 0 Å². The van der Waals surface area contributed by atoms with Crippen molar-refractivity contribution in [2.75, 3.05) is 0 Å². The zero-order valence-corrected chi connectivity index (χ0v) is 9.45. The highest BCUT2D eigenvalue weighted by Gasteiger charge is 2.01. The summed E-state index contributed by atoms with van der Waals surface area (Å²) in [6, 6.07) is 13.9. The molecule has 2 nitrogen and oxygen atoms in total. The molecule has 0 radical (unpaired) electrons. The first-order valence-electron chi connectivity index (χ1n) is 4.87. The summed E-state index contributed by atoms with van der Waals surface area (Å²) in [4.78, 5) is 11.2. The minimum absolute atomic E-state index is 0.261. The van der Waals surface area contributed by atoms with Crippen molar-refractivity contribution < 1.29 is 4.79 Å². The van der Waals surface area contributed by atoms with Gasteiger partial charge >= 0.3 is 0 Å². The largest absolute Gasteiger partial charge is 0.365 e. The van der Waals surface area contributed by atoms with Crippen LogP contribution in [0.4, 0.5) is 0 Å². The summed E-state index contributed by atoms with van der Waals surface area (Å²) in [6.07, 6.45) is 1.69. The lowest BCUT2D eigenvalue weighted by atomic mass is 10.0. The maximum Gasteiger partial charge on any atom is 0.254 e. The molecule has 0 unspecified atom stereocenters. The average Bonchev–Trinajstić information content (AvgIpc) is 2.29. The van der Waals surface area contributed by atoms with Gasteiger partial charge in [0.25, 0.3) is 5.91 Å². The molecule has 16 heavy (non-hydrogen) atoms. The number of amides is 1. The minimum Gasteiger partial charge on any atom is -0.365 e. The SMILES string of the molecule is NC(=O)/C(S)=C/c1cccc2ccccc12. The first-order valence-corrected chi connectivity index (χ1v) is 5.31. The molecular weight excluding hydrogens is 218 g/mol. The molecule has 2 rings (SSSR count). The molecule has 2 aromatic carbocycles. The number of benzene rings is 2. The molecule has 0 aromatic heterocycles. The Morgan fingerprint density at radius 3 is 2.56 bits per heavy atom. The van der Waals surface area contributed by atoms with E-state index < -0.39 is 5.91 Å². The lowest BCUT2D eigenvalue weighted by Crippen LogP contribution is -2.09. The molecule has 2 aromatic rings. The van der Waals surface area contributed by atoms with Gasteiger partial charge in [-0.2, -0.15) is 0 Å². The van der Waals surface area contributed by atoms with Gasteiger partial charge in [0.15, 0.2) is 0 Å². The fourth-order valence-electron chi connectivity index (χ4n) is 1.59. The van der Waals surface area contributed by atoms with Gasteiger partial charge in [-0.3, -0.25) is 4.79 Å². The molecule has 0 heterocycles. The van der Waals surface area contributed by atoms with Crippen LogP contribution in [0.3, 0.4) is 0 Å². The van der Waals surface area contributed by atoms with Crippen LogP contribution in [0.25, 0.3) is 16.8 Å². The fourth-order valence-corrected chi connectivity index (χ4v) is 1.73. The van der Waals surface area contributed by atoms with Gasteiger partial charge in [-0.25, -0.2) is 0 Å². The smallest absolute Gasteiger partial charge is 0.254 e. The second kappa shape index (κ2) is 4.41. The summed E-state index contributed by atoms with van der Waals surface area (Å²) in [7, 11) is 0. The number of thiol groups is 1. The summed E-state index contributed by atoms with van der Waals surface area (Å²) >= 11 is 4.05. The summed E-state index contributed by atoms with van der Waals surface area (Å²) < 4.78 is 0. The van der Waals surface area contributed by atoms with E-state index in [1.165, 1.54) is 0 Å². The van der Waals surface area contributed by atoms with Crippen LogP contribution in [0, 0.1) is 0 Å². The molecule has 0 aliphatic carbocycles. The van der Waals surface area contributed by atoms with E-state index in [2.05, 4.69) is 12.6 Å². The Bertz CT molecular complexity index is 570. The summed E-state index contributed by atoms with van der Waals surface area (Å²) in [6.45, 7) is 0. The predicted octanol–water partition coefficient (Wildman–Crippen LogP) is 2.60. The van der Waals surface area contributed by atoms with Crippen molar-refractivity contribution in [3.05, 3.63) is 52.9 Å². The van der Waals surface area contributed by atoms with Gasteiger partial charge in [-0.1, -0.05) is 42.5 Å². The molecule has 80 valence electrons. The first kappa shape index (κ1) is 10.8. The topological polar surface area (TPSA) is 43.1 Å². The van der Waals surface area contributed by atoms with Gasteiger partial charge in [0, 0.05) is 0 Å².